The van der Waals surface area contributed by atoms with E-state index in [1.165, 1.54) is 14.2 Å². The highest BCUT2D eigenvalue weighted by atomic mass is 16.5. The van der Waals surface area contributed by atoms with Crippen molar-refractivity contribution >= 4 is 33.5 Å². The molecule has 3 aromatic rings. The van der Waals surface area contributed by atoms with E-state index in [9.17, 15) is 9.59 Å². The highest BCUT2D eigenvalue weighted by molar-refractivity contribution is 6.06. The molecule has 0 spiro atoms. The van der Waals surface area contributed by atoms with Crippen molar-refractivity contribution in [1.29, 1.82) is 0 Å². The smallest absolute Gasteiger partial charge is 0.313 e. The topological polar surface area (TPSA) is 71.1 Å². The number of allylic oxidation sites excluding steroid dienone is 2. The van der Waals surface area contributed by atoms with Gasteiger partial charge in [-0.25, -0.2) is 0 Å². The molecule has 0 unspecified atom stereocenters. The van der Waals surface area contributed by atoms with E-state index < -0.39 is 10.8 Å². The molecule has 3 fully saturated rings. The van der Waals surface area contributed by atoms with Gasteiger partial charge in [0.25, 0.3) is 0 Å². The summed E-state index contributed by atoms with van der Waals surface area (Å²) >= 11 is 0. The Bertz CT molecular complexity index is 1510. The van der Waals surface area contributed by atoms with Gasteiger partial charge in [-0.2, -0.15) is 0 Å². The first-order valence-corrected chi connectivity index (χ1v) is 13.5. The summed E-state index contributed by atoms with van der Waals surface area (Å²) < 4.78 is 23.4. The molecule has 0 heterocycles. The summed E-state index contributed by atoms with van der Waals surface area (Å²) in [5.74, 6) is 1.25. The van der Waals surface area contributed by atoms with Crippen LogP contribution in [0.1, 0.15) is 35.8 Å². The molecule has 5 aliphatic rings. The third-order valence-electron chi connectivity index (χ3n) is 11.1. The maximum Gasteiger partial charge on any atom is 0.313 e. The second-order valence-corrected chi connectivity index (χ2v) is 11.7. The molecule has 38 heavy (non-hydrogen) atoms. The Labute approximate surface area is 220 Å². The fraction of sp³-hybridized carbons (Fsp3) is 0.438. The van der Waals surface area contributed by atoms with Crippen LogP contribution in [0.25, 0.3) is 21.5 Å². The van der Waals surface area contributed by atoms with Crippen LogP contribution in [0, 0.1) is 34.5 Å². The average Bonchev–Trinajstić information content (AvgIpc) is 3.69. The number of esters is 2. The van der Waals surface area contributed by atoms with E-state index in [0.717, 1.165) is 57.0 Å². The minimum Gasteiger partial charge on any atom is -0.496 e. The van der Waals surface area contributed by atoms with Crippen molar-refractivity contribution in [1.82, 2.24) is 0 Å². The number of carbonyl (C=O) groups is 2. The summed E-state index contributed by atoms with van der Waals surface area (Å²) in [7, 11) is 6.36. The zero-order valence-corrected chi connectivity index (χ0v) is 21.9. The molecule has 5 aliphatic carbocycles. The van der Waals surface area contributed by atoms with Crippen molar-refractivity contribution < 1.29 is 28.5 Å². The van der Waals surface area contributed by atoms with Gasteiger partial charge in [-0.3, -0.25) is 9.59 Å². The summed E-state index contributed by atoms with van der Waals surface area (Å²) in [5.41, 5.74) is 0.470. The van der Waals surface area contributed by atoms with Gasteiger partial charge in [0.15, 0.2) is 0 Å². The van der Waals surface area contributed by atoms with Gasteiger partial charge in [-0.05, 0) is 71.3 Å². The Balaban J connectivity index is 1.44. The van der Waals surface area contributed by atoms with Crippen LogP contribution in [0.4, 0.5) is 0 Å². The van der Waals surface area contributed by atoms with Crippen molar-refractivity contribution in [3.8, 4) is 11.5 Å². The number of hydrogen-bond acceptors (Lipinski definition) is 6. The monoisotopic (exact) mass is 510 g/mol. The molecule has 0 amide bonds. The molecule has 3 aromatic carbocycles. The average molecular weight is 511 g/mol. The van der Waals surface area contributed by atoms with Crippen molar-refractivity contribution in [2.45, 2.75) is 24.7 Å². The minimum absolute atomic E-state index is 0.0111. The number of fused-ring (bicyclic) bond motifs is 17. The second kappa shape index (κ2) is 7.10. The van der Waals surface area contributed by atoms with Crippen LogP contribution >= 0.6 is 0 Å². The molecule has 8 atom stereocenters. The lowest BCUT2D eigenvalue weighted by molar-refractivity contribution is -0.241. The molecule has 6 nitrogen and oxygen atoms in total. The van der Waals surface area contributed by atoms with Gasteiger partial charge in [0.05, 0.1) is 39.3 Å². The van der Waals surface area contributed by atoms with Crippen LogP contribution in [-0.4, -0.2) is 40.4 Å². The van der Waals surface area contributed by atoms with Gasteiger partial charge in [0.2, 0.25) is 0 Å². The number of carbonyl (C=O) groups excluding carboxylic acids is 2. The van der Waals surface area contributed by atoms with Crippen LogP contribution in [0.3, 0.4) is 0 Å². The fourth-order valence-corrected chi connectivity index (χ4v) is 10.4. The standard InChI is InChI=1S/C32H30O6/c1-35-27-19-11-15-7-5-6-8-16(15)12-20(19)28(36-2)24-22-14-21(23(24)27)25-26(22)32(30(34)38-4)18-10-9-17(13-18)31(25,32)29(33)37-3/h5-12,17-18,21-22,25-26H,13-14H2,1-4H3/t17-,18+,21-,22+,25-,26+,31+,32-. The van der Waals surface area contributed by atoms with Gasteiger partial charge in [-0.1, -0.05) is 36.4 Å². The third-order valence-corrected chi connectivity index (χ3v) is 11.1. The van der Waals surface area contributed by atoms with Crippen molar-refractivity contribution in [3.63, 3.8) is 0 Å². The zero-order chi connectivity index (χ0) is 26.1. The summed E-state index contributed by atoms with van der Waals surface area (Å²) in [6.07, 6.45) is 5.95. The van der Waals surface area contributed by atoms with Crippen LogP contribution < -0.4 is 9.47 Å². The molecule has 0 aliphatic heterocycles. The number of ether oxygens (including phenoxy) is 4. The van der Waals surface area contributed by atoms with Crippen molar-refractivity contribution in [2.24, 2.45) is 34.5 Å². The van der Waals surface area contributed by atoms with Gasteiger partial charge in [0.1, 0.15) is 11.5 Å². The Kier molecular flexibility index (Phi) is 4.19. The molecular formula is C32H30O6. The molecule has 0 radical (unpaired) electrons. The Hall–Kier alpha value is -3.54. The van der Waals surface area contributed by atoms with E-state index >= 15 is 0 Å². The molecule has 194 valence electrons. The lowest BCUT2D eigenvalue weighted by Gasteiger charge is -2.67. The highest BCUT2D eigenvalue weighted by Crippen LogP contribution is 2.89. The quantitative estimate of drug-likeness (QED) is 0.204. The fourth-order valence-electron chi connectivity index (χ4n) is 10.4. The summed E-state index contributed by atoms with van der Waals surface area (Å²) in [4.78, 5) is 27.7. The molecule has 8 rings (SSSR count). The number of hydrogen-bond donors (Lipinski definition) is 0. The number of rotatable bonds is 4. The molecule has 0 N–H and O–H groups in total. The number of benzene rings is 3. The molecule has 0 aromatic heterocycles. The normalized spacial score (nSPS) is 36.5. The molecule has 0 saturated heterocycles. The lowest BCUT2D eigenvalue weighted by Crippen LogP contribution is -2.74. The molecule has 6 heteroatoms. The van der Waals surface area contributed by atoms with Gasteiger partial charge < -0.3 is 18.9 Å². The van der Waals surface area contributed by atoms with Gasteiger partial charge >= 0.3 is 11.9 Å². The van der Waals surface area contributed by atoms with E-state index in [-0.39, 0.29) is 47.4 Å². The van der Waals surface area contributed by atoms with E-state index in [2.05, 4.69) is 36.4 Å². The Morgan fingerprint density at radius 3 is 1.55 bits per heavy atom. The van der Waals surface area contributed by atoms with Crippen LogP contribution in [0.15, 0.2) is 48.6 Å². The first-order chi connectivity index (χ1) is 18.5. The van der Waals surface area contributed by atoms with E-state index in [4.69, 9.17) is 18.9 Å². The van der Waals surface area contributed by atoms with E-state index in [1.54, 1.807) is 14.2 Å². The number of methoxy groups -OCH3 is 4. The third kappa shape index (κ3) is 2.04. The van der Waals surface area contributed by atoms with Crippen LogP contribution in [-0.2, 0) is 19.1 Å². The minimum atomic E-state index is -0.910. The summed E-state index contributed by atoms with van der Waals surface area (Å²) in [6.45, 7) is 0. The van der Waals surface area contributed by atoms with E-state index in [1.807, 2.05) is 12.1 Å². The molecule has 4 bridgehead atoms. The Morgan fingerprint density at radius 2 is 1.16 bits per heavy atom. The van der Waals surface area contributed by atoms with Crippen molar-refractivity contribution in [3.05, 3.63) is 59.7 Å². The predicted octanol–water partition coefficient (Wildman–Crippen LogP) is 5.37. The van der Waals surface area contributed by atoms with Crippen LogP contribution in [0.5, 0.6) is 11.5 Å². The predicted molar refractivity (Wildman–Crippen MR) is 141 cm³/mol. The SMILES string of the molecule is COC(=O)[C@@]12[C@@H]3[C@@H]([C@@H]4C[C@H]3c3c4c(OC)c4cc5ccccc5cc4c3OC)[C@]1(C(=O)OC)[C@@H]1C=C[C@H]2C1. The van der Waals surface area contributed by atoms with Gasteiger partial charge in [0, 0.05) is 21.9 Å². The highest BCUT2D eigenvalue weighted by Gasteiger charge is 2.91. The second-order valence-electron chi connectivity index (χ2n) is 11.7. The first-order valence-electron chi connectivity index (χ1n) is 13.5. The maximum absolute atomic E-state index is 13.9. The largest absolute Gasteiger partial charge is 0.496 e. The van der Waals surface area contributed by atoms with E-state index in [0.29, 0.717) is 0 Å². The first kappa shape index (κ1) is 22.4. The maximum atomic E-state index is 13.9. The van der Waals surface area contributed by atoms with Crippen molar-refractivity contribution in [2.75, 3.05) is 28.4 Å². The lowest BCUT2D eigenvalue weighted by atomic mass is 9.32. The van der Waals surface area contributed by atoms with Crippen LogP contribution in [0.2, 0.25) is 0 Å². The van der Waals surface area contributed by atoms with Gasteiger partial charge in [-0.15, -0.1) is 0 Å². The molecule has 3 saturated carbocycles. The summed E-state index contributed by atoms with van der Waals surface area (Å²) in [6, 6.07) is 12.7. The summed E-state index contributed by atoms with van der Waals surface area (Å²) in [5, 5.41) is 4.31. The molecular weight excluding hydrogens is 480 g/mol. The Morgan fingerprint density at radius 1 is 0.711 bits per heavy atom. The zero-order valence-electron chi connectivity index (χ0n) is 21.9.